The summed E-state index contributed by atoms with van der Waals surface area (Å²) < 4.78 is 35.6. The second kappa shape index (κ2) is 8.91. The molecule has 0 saturated carbocycles. The summed E-state index contributed by atoms with van der Waals surface area (Å²) in [5.74, 6) is -1.44. The van der Waals surface area contributed by atoms with Gasteiger partial charge in [-0.05, 0) is 18.2 Å². The van der Waals surface area contributed by atoms with E-state index in [0.717, 1.165) is 6.20 Å². The number of nitrogens with one attached hydrogen (secondary N) is 1. The molecule has 3 aromatic heterocycles. The van der Waals surface area contributed by atoms with Gasteiger partial charge in [-0.1, -0.05) is 23.2 Å². The monoisotopic (exact) mass is 463 g/mol. The van der Waals surface area contributed by atoms with Gasteiger partial charge >= 0.3 is 36.2 Å². The van der Waals surface area contributed by atoms with E-state index in [0.29, 0.717) is 11.0 Å². The third kappa shape index (κ3) is 4.03. The van der Waals surface area contributed by atoms with E-state index in [1.165, 1.54) is 30.6 Å². The Labute approximate surface area is 199 Å². The van der Waals surface area contributed by atoms with Crippen molar-refractivity contribution in [2.24, 2.45) is 0 Å². The van der Waals surface area contributed by atoms with Crippen molar-refractivity contribution in [1.82, 2.24) is 9.97 Å². The van der Waals surface area contributed by atoms with E-state index in [4.69, 9.17) is 27.6 Å². The number of furan rings is 1. The molecule has 12 heteroatoms. The Balaban J connectivity index is 0.00000256. The number of alkyl halides is 2. The maximum atomic E-state index is 12.9. The zero-order chi connectivity index (χ0) is 20.7. The van der Waals surface area contributed by atoms with Crippen molar-refractivity contribution >= 4 is 86.3 Å². The van der Waals surface area contributed by atoms with Gasteiger partial charge in [0.25, 0.3) is 5.91 Å². The molecule has 0 unspecified atom stereocenters. The van der Waals surface area contributed by atoms with Crippen LogP contribution in [0.4, 0.5) is 14.5 Å². The number of ether oxygens (including phenoxy) is 1. The summed E-state index contributed by atoms with van der Waals surface area (Å²) in [5, 5.41) is 12.5. The minimum atomic E-state index is -3.08. The number of fused-ring (bicyclic) bond motifs is 3. The third-order valence-electron chi connectivity index (χ3n) is 4.04. The van der Waals surface area contributed by atoms with E-state index in [1.54, 1.807) is 0 Å². The van der Waals surface area contributed by atoms with Crippen molar-refractivity contribution in [1.29, 1.82) is 0 Å². The zero-order valence-electron chi connectivity index (χ0n) is 14.1. The predicted octanol–water partition coefficient (Wildman–Crippen LogP) is 4.59. The van der Waals surface area contributed by atoms with Gasteiger partial charge in [-0.3, -0.25) is 9.78 Å². The predicted molar refractivity (Wildman–Crippen MR) is 109 cm³/mol. The molecule has 0 saturated heterocycles. The fraction of sp³-hybridized carbons (Fsp3) is 0.0556. The first-order valence-electron chi connectivity index (χ1n) is 7.95. The number of hydrogen-bond acceptors (Lipinski definition) is 6. The number of anilines is 1. The first kappa shape index (κ1) is 22.5. The van der Waals surface area contributed by atoms with E-state index in [-0.39, 0.29) is 67.6 Å². The van der Waals surface area contributed by atoms with Gasteiger partial charge in [0.1, 0.15) is 10.6 Å². The second-order valence-electron chi connectivity index (χ2n) is 5.74. The van der Waals surface area contributed by atoms with Gasteiger partial charge < -0.3 is 19.6 Å². The maximum absolute atomic E-state index is 12.9. The van der Waals surface area contributed by atoms with Crippen LogP contribution in [0, 0.1) is 0 Å². The van der Waals surface area contributed by atoms with E-state index in [2.05, 4.69) is 20.0 Å². The number of aromatic hydroxyl groups is 1. The van der Waals surface area contributed by atoms with Crippen molar-refractivity contribution in [3.8, 4) is 11.6 Å². The standard InChI is InChI=1S/C18H9Cl2F2N3O4.Na.H/c19-9-6-24-17(27)13(20)14(9)25-16(26)7-1-2-11(29-18(21)22)15-12(7)8-5-23-4-3-10(8)28-15;;/h1-6,18H,(H2,24,25,26,27);;. The number of pyridine rings is 2. The summed E-state index contributed by atoms with van der Waals surface area (Å²) in [6, 6.07) is 4.00. The van der Waals surface area contributed by atoms with Crippen LogP contribution in [-0.4, -0.2) is 57.2 Å². The molecule has 0 atom stereocenters. The Bertz CT molecular complexity index is 1270. The molecule has 1 aromatic carbocycles. The average Bonchev–Trinajstić information content (AvgIpc) is 3.08. The van der Waals surface area contributed by atoms with Crippen molar-refractivity contribution in [2.45, 2.75) is 6.61 Å². The van der Waals surface area contributed by atoms with Crippen molar-refractivity contribution in [3.63, 3.8) is 0 Å². The molecule has 2 N–H and O–H groups in total. The van der Waals surface area contributed by atoms with E-state index >= 15 is 0 Å². The summed E-state index contributed by atoms with van der Waals surface area (Å²) in [5.41, 5.74) is 0.289. The molecular weight excluding hydrogens is 454 g/mol. The van der Waals surface area contributed by atoms with Crippen LogP contribution in [0.2, 0.25) is 10.0 Å². The molecule has 4 aromatic rings. The summed E-state index contributed by atoms with van der Waals surface area (Å²) in [6.45, 7) is -3.08. The Morgan fingerprint density at radius 1 is 1.23 bits per heavy atom. The fourth-order valence-corrected chi connectivity index (χ4v) is 3.27. The van der Waals surface area contributed by atoms with E-state index in [1.807, 2.05) is 0 Å². The number of hydrogen-bond donors (Lipinski definition) is 2. The Morgan fingerprint density at radius 2 is 2.00 bits per heavy atom. The van der Waals surface area contributed by atoms with Crippen LogP contribution >= 0.6 is 23.2 Å². The SMILES string of the molecule is O=C(Nc1c(Cl)cnc(O)c1Cl)c1ccc(OC(F)F)c2oc3ccncc3c12.[NaH]. The summed E-state index contributed by atoms with van der Waals surface area (Å²) in [6.07, 6.45) is 4.00. The van der Waals surface area contributed by atoms with Crippen LogP contribution in [0.15, 0.2) is 41.2 Å². The van der Waals surface area contributed by atoms with Gasteiger partial charge in [0.15, 0.2) is 11.3 Å². The molecule has 0 aliphatic rings. The normalized spacial score (nSPS) is 11.0. The zero-order valence-corrected chi connectivity index (χ0v) is 15.6. The number of nitrogens with zero attached hydrogens (tertiary/aromatic N) is 2. The van der Waals surface area contributed by atoms with Crippen LogP contribution < -0.4 is 10.1 Å². The molecule has 150 valence electrons. The second-order valence-corrected chi connectivity index (χ2v) is 6.53. The number of amides is 1. The number of aromatic nitrogens is 2. The first-order chi connectivity index (χ1) is 13.9. The van der Waals surface area contributed by atoms with Crippen LogP contribution in [0.3, 0.4) is 0 Å². The van der Waals surface area contributed by atoms with Crippen LogP contribution in [0.5, 0.6) is 11.6 Å². The van der Waals surface area contributed by atoms with Crippen LogP contribution in [-0.2, 0) is 0 Å². The molecular formula is C18H10Cl2F2N3NaO4. The summed E-state index contributed by atoms with van der Waals surface area (Å²) in [7, 11) is 0. The number of benzene rings is 1. The topological polar surface area (TPSA) is 97.5 Å². The molecule has 30 heavy (non-hydrogen) atoms. The summed E-state index contributed by atoms with van der Waals surface area (Å²) >= 11 is 12.0. The molecule has 0 aliphatic carbocycles. The Morgan fingerprint density at radius 3 is 2.73 bits per heavy atom. The molecule has 4 rings (SSSR count). The molecule has 3 heterocycles. The van der Waals surface area contributed by atoms with Crippen molar-refractivity contribution in [2.75, 3.05) is 5.32 Å². The molecule has 0 aliphatic heterocycles. The minimum absolute atomic E-state index is 0. The molecule has 0 bridgehead atoms. The number of rotatable bonds is 4. The van der Waals surface area contributed by atoms with Crippen molar-refractivity contribution in [3.05, 3.63) is 52.4 Å². The first-order valence-corrected chi connectivity index (χ1v) is 8.70. The van der Waals surface area contributed by atoms with Crippen LogP contribution in [0.1, 0.15) is 10.4 Å². The number of carbonyl (C=O) groups excluding carboxylic acids is 1. The fourth-order valence-electron chi connectivity index (χ4n) is 2.83. The van der Waals surface area contributed by atoms with Gasteiger partial charge in [0.05, 0.1) is 22.5 Å². The molecule has 0 spiro atoms. The van der Waals surface area contributed by atoms with Gasteiger partial charge in [-0.2, -0.15) is 8.78 Å². The van der Waals surface area contributed by atoms with Crippen LogP contribution in [0.25, 0.3) is 21.9 Å². The Hall–Kier alpha value is -2.17. The quantitative estimate of drug-likeness (QED) is 0.429. The molecule has 1 amide bonds. The van der Waals surface area contributed by atoms with Gasteiger partial charge in [0.2, 0.25) is 5.88 Å². The van der Waals surface area contributed by atoms with Gasteiger partial charge in [0, 0.05) is 23.2 Å². The van der Waals surface area contributed by atoms with Crippen molar-refractivity contribution < 1.29 is 27.8 Å². The van der Waals surface area contributed by atoms with Gasteiger partial charge in [-0.15, -0.1) is 0 Å². The molecule has 0 radical (unpaired) electrons. The third-order valence-corrected chi connectivity index (χ3v) is 4.68. The molecule has 0 fully saturated rings. The molecule has 7 nitrogen and oxygen atoms in total. The average molecular weight is 464 g/mol. The number of halogens is 4. The van der Waals surface area contributed by atoms with E-state index < -0.39 is 18.4 Å². The Kier molecular flexibility index (Phi) is 6.68. The van der Waals surface area contributed by atoms with E-state index in [9.17, 15) is 18.7 Å². The number of carbonyl (C=O) groups is 1. The summed E-state index contributed by atoms with van der Waals surface area (Å²) in [4.78, 5) is 20.5. The van der Waals surface area contributed by atoms with Gasteiger partial charge in [-0.25, -0.2) is 4.98 Å².